The first-order chi connectivity index (χ1) is 15.3. The van der Waals surface area contributed by atoms with Gasteiger partial charge in [-0.1, -0.05) is 35.3 Å². The van der Waals surface area contributed by atoms with Crippen molar-refractivity contribution in [3.05, 3.63) is 88.4 Å². The fraction of sp³-hybridized carbons (Fsp3) is 0.174. The maximum absolute atomic E-state index is 13.3. The number of nitrogens with one attached hydrogen (secondary N) is 1. The molecular weight excluding hydrogens is 471 g/mol. The molecule has 0 aliphatic carbocycles. The van der Waals surface area contributed by atoms with Crippen molar-refractivity contribution in [3.63, 3.8) is 0 Å². The number of hydrogen-bond acceptors (Lipinski definition) is 4. The van der Waals surface area contributed by atoms with Gasteiger partial charge >= 0.3 is 0 Å². The second-order valence-corrected chi connectivity index (χ2v) is 9.67. The Bertz CT molecular complexity index is 1150. The Kier molecular flexibility index (Phi) is 8.15. The lowest BCUT2D eigenvalue weighted by molar-refractivity contribution is -0.116. The van der Waals surface area contributed by atoms with Crippen molar-refractivity contribution < 1.29 is 17.9 Å². The largest absolute Gasteiger partial charge is 0.494 e. The number of hydrogen-bond donors (Lipinski definition) is 1. The average Bonchev–Trinajstić information content (AvgIpc) is 2.76. The van der Waals surface area contributed by atoms with Crippen LogP contribution in [0.3, 0.4) is 0 Å². The van der Waals surface area contributed by atoms with Gasteiger partial charge in [0.25, 0.3) is 0 Å². The Morgan fingerprint density at radius 1 is 0.906 bits per heavy atom. The number of sulfonamides is 1. The molecular formula is C23H22Cl2N2O4S. The first-order valence-corrected chi connectivity index (χ1v) is 12.0. The number of amides is 1. The normalized spacial score (nSPS) is 11.4. The smallest absolute Gasteiger partial charge is 0.243 e. The number of anilines is 1. The molecule has 0 spiro atoms. The lowest BCUT2D eigenvalue weighted by atomic mass is 10.2. The van der Waals surface area contributed by atoms with Gasteiger partial charge in [-0.15, -0.1) is 0 Å². The summed E-state index contributed by atoms with van der Waals surface area (Å²) < 4.78 is 33.1. The van der Waals surface area contributed by atoms with Gasteiger partial charge < -0.3 is 10.1 Å². The number of benzene rings is 3. The molecule has 0 unspecified atom stereocenters. The zero-order valence-corrected chi connectivity index (χ0v) is 19.6. The summed E-state index contributed by atoms with van der Waals surface area (Å²) in [5.41, 5.74) is 1.23. The third-order valence-electron chi connectivity index (χ3n) is 4.49. The Morgan fingerprint density at radius 2 is 1.47 bits per heavy atom. The van der Waals surface area contributed by atoms with Crippen LogP contribution in [0.25, 0.3) is 0 Å². The quantitative estimate of drug-likeness (QED) is 0.444. The lowest BCUT2D eigenvalue weighted by Crippen LogP contribution is -2.37. The minimum Gasteiger partial charge on any atom is -0.494 e. The zero-order valence-electron chi connectivity index (χ0n) is 17.3. The van der Waals surface area contributed by atoms with E-state index in [0.29, 0.717) is 33.7 Å². The molecule has 1 N–H and O–H groups in total. The number of carbonyl (C=O) groups is 1. The highest BCUT2D eigenvalue weighted by Crippen LogP contribution is 2.22. The van der Waals surface area contributed by atoms with E-state index < -0.39 is 15.9 Å². The summed E-state index contributed by atoms with van der Waals surface area (Å²) >= 11 is 11.8. The van der Waals surface area contributed by atoms with Crippen LogP contribution >= 0.6 is 23.2 Å². The predicted octanol–water partition coefficient (Wildman–Crippen LogP) is 5.22. The van der Waals surface area contributed by atoms with Crippen molar-refractivity contribution in [2.45, 2.75) is 18.4 Å². The maximum Gasteiger partial charge on any atom is 0.243 e. The Hall–Kier alpha value is -2.58. The van der Waals surface area contributed by atoms with Gasteiger partial charge in [0.05, 0.1) is 18.0 Å². The summed E-state index contributed by atoms with van der Waals surface area (Å²) in [5.74, 6) is 0.209. The van der Waals surface area contributed by atoms with Gasteiger partial charge in [0.1, 0.15) is 5.75 Å². The minimum atomic E-state index is -3.97. The molecule has 3 aromatic rings. The average molecular weight is 493 g/mol. The Balaban J connectivity index is 1.81. The molecule has 1 amide bonds. The molecule has 0 aromatic heterocycles. The molecule has 0 aliphatic heterocycles. The predicted molar refractivity (Wildman–Crippen MR) is 127 cm³/mol. The second kappa shape index (κ2) is 10.8. The highest BCUT2D eigenvalue weighted by molar-refractivity contribution is 7.89. The van der Waals surface area contributed by atoms with Gasteiger partial charge in [0, 0.05) is 22.3 Å². The second-order valence-electron chi connectivity index (χ2n) is 6.86. The molecule has 9 heteroatoms. The van der Waals surface area contributed by atoms with Crippen LogP contribution in [0, 0.1) is 0 Å². The van der Waals surface area contributed by atoms with E-state index in [1.54, 1.807) is 48.5 Å². The van der Waals surface area contributed by atoms with Crippen molar-refractivity contribution in [3.8, 4) is 5.75 Å². The fourth-order valence-corrected chi connectivity index (χ4v) is 4.57. The van der Waals surface area contributed by atoms with Gasteiger partial charge in [0.15, 0.2) is 0 Å². The number of carbonyl (C=O) groups excluding carboxylic acids is 1. The van der Waals surface area contributed by atoms with Crippen LogP contribution in [0.15, 0.2) is 77.7 Å². The van der Waals surface area contributed by atoms with E-state index in [1.807, 2.05) is 6.92 Å². The number of ether oxygens (including phenoxy) is 1. The molecule has 6 nitrogen and oxygen atoms in total. The van der Waals surface area contributed by atoms with Crippen molar-refractivity contribution in [2.24, 2.45) is 0 Å². The summed E-state index contributed by atoms with van der Waals surface area (Å²) in [6.07, 6.45) is 0. The summed E-state index contributed by atoms with van der Waals surface area (Å²) in [6, 6.07) is 19.4. The third-order valence-corrected chi connectivity index (χ3v) is 6.80. The molecule has 3 aromatic carbocycles. The molecule has 32 heavy (non-hydrogen) atoms. The maximum atomic E-state index is 13.3. The molecule has 0 atom stereocenters. The van der Waals surface area contributed by atoms with Crippen LogP contribution in [0.2, 0.25) is 10.0 Å². The van der Waals surface area contributed by atoms with E-state index in [9.17, 15) is 13.2 Å². The van der Waals surface area contributed by atoms with Crippen molar-refractivity contribution in [2.75, 3.05) is 18.5 Å². The van der Waals surface area contributed by atoms with E-state index in [2.05, 4.69) is 5.32 Å². The van der Waals surface area contributed by atoms with E-state index in [4.69, 9.17) is 27.9 Å². The summed E-state index contributed by atoms with van der Waals surface area (Å²) in [7, 11) is -3.97. The van der Waals surface area contributed by atoms with Gasteiger partial charge in [-0.05, 0) is 73.2 Å². The molecule has 168 valence electrons. The number of nitrogens with zero attached hydrogens (tertiary/aromatic N) is 1. The van der Waals surface area contributed by atoms with Crippen LogP contribution in [-0.4, -0.2) is 31.8 Å². The van der Waals surface area contributed by atoms with Gasteiger partial charge in [0.2, 0.25) is 15.9 Å². The molecule has 0 aliphatic rings. The summed E-state index contributed by atoms with van der Waals surface area (Å²) in [4.78, 5) is 12.8. The third kappa shape index (κ3) is 6.46. The van der Waals surface area contributed by atoms with Crippen LogP contribution in [0.1, 0.15) is 12.5 Å². The minimum absolute atomic E-state index is 0.00116. The highest BCUT2D eigenvalue weighted by Gasteiger charge is 2.27. The molecule has 0 saturated heterocycles. The monoisotopic (exact) mass is 492 g/mol. The molecule has 0 bridgehead atoms. The highest BCUT2D eigenvalue weighted by atomic mass is 35.5. The van der Waals surface area contributed by atoms with Gasteiger partial charge in [-0.3, -0.25) is 4.79 Å². The number of rotatable bonds is 9. The van der Waals surface area contributed by atoms with E-state index in [0.717, 1.165) is 4.31 Å². The molecule has 0 heterocycles. The molecule has 3 rings (SSSR count). The standard InChI is InChI=1S/C23H22Cl2N2O4S/c1-2-31-21-11-9-20(10-12-21)26-23(28)16-27(15-17-3-5-18(24)6-4-17)32(29,30)22-13-7-19(25)8-14-22/h3-14H,2,15-16H2,1H3,(H,26,28). The Labute approximate surface area is 197 Å². The van der Waals surface area contributed by atoms with Crippen LogP contribution in [0.4, 0.5) is 5.69 Å². The SMILES string of the molecule is CCOc1ccc(NC(=O)CN(Cc2ccc(Cl)cc2)S(=O)(=O)c2ccc(Cl)cc2)cc1. The molecule has 0 radical (unpaired) electrons. The van der Waals surface area contributed by atoms with Gasteiger partial charge in [-0.25, -0.2) is 8.42 Å². The van der Waals surface area contributed by atoms with Crippen LogP contribution in [-0.2, 0) is 21.4 Å². The molecule has 0 saturated carbocycles. The summed E-state index contributed by atoms with van der Waals surface area (Å²) in [6.45, 7) is 2.04. The Morgan fingerprint density at radius 3 is 2.03 bits per heavy atom. The van der Waals surface area contributed by atoms with E-state index in [-0.39, 0.29) is 18.0 Å². The summed E-state index contributed by atoms with van der Waals surface area (Å²) in [5, 5.41) is 3.68. The fourth-order valence-electron chi connectivity index (χ4n) is 2.94. The van der Waals surface area contributed by atoms with E-state index >= 15 is 0 Å². The topological polar surface area (TPSA) is 75.7 Å². The van der Waals surface area contributed by atoms with Gasteiger partial charge in [-0.2, -0.15) is 4.31 Å². The van der Waals surface area contributed by atoms with E-state index in [1.165, 1.54) is 24.3 Å². The van der Waals surface area contributed by atoms with Crippen LogP contribution in [0.5, 0.6) is 5.75 Å². The van der Waals surface area contributed by atoms with Crippen molar-refractivity contribution in [1.82, 2.24) is 4.31 Å². The zero-order chi connectivity index (χ0) is 23.1. The first-order valence-electron chi connectivity index (χ1n) is 9.81. The lowest BCUT2D eigenvalue weighted by Gasteiger charge is -2.22. The van der Waals surface area contributed by atoms with Crippen molar-refractivity contribution in [1.29, 1.82) is 0 Å². The molecule has 0 fully saturated rings. The number of halogens is 2. The van der Waals surface area contributed by atoms with Crippen molar-refractivity contribution >= 4 is 44.8 Å². The van der Waals surface area contributed by atoms with Crippen LogP contribution < -0.4 is 10.1 Å². The first kappa shape index (κ1) is 24.1.